The van der Waals surface area contributed by atoms with Gasteiger partial charge < -0.3 is 5.11 Å². The largest absolute Gasteiger partial charge is 0.452 e. The van der Waals surface area contributed by atoms with Crippen molar-refractivity contribution in [2.24, 2.45) is 0 Å². The number of hydrogen-bond donors (Lipinski definition) is 1. The van der Waals surface area contributed by atoms with Gasteiger partial charge in [0.15, 0.2) is 0 Å². The zero-order chi connectivity index (χ0) is 20.9. The molecule has 168 valence electrons. The number of carboxylic acid groups (broad SMARTS) is 1. The van der Waals surface area contributed by atoms with E-state index in [-0.39, 0.29) is 0 Å². The summed E-state index contributed by atoms with van der Waals surface area (Å²) >= 11 is 0. The van der Waals surface area contributed by atoms with Gasteiger partial charge in [0.1, 0.15) is 7.26 Å². The molecular formula is C25H52O2P+. The van der Waals surface area contributed by atoms with Gasteiger partial charge >= 0.3 is 5.71 Å². The predicted molar refractivity (Wildman–Crippen MR) is 130 cm³/mol. The van der Waals surface area contributed by atoms with E-state index < -0.39 is 13.0 Å². The second kappa shape index (κ2) is 20.2. The third-order valence-electron chi connectivity index (χ3n) is 6.22. The fourth-order valence-corrected chi connectivity index (χ4v) is 7.94. The Morgan fingerprint density at radius 2 is 0.750 bits per heavy atom. The first-order valence-corrected chi connectivity index (χ1v) is 15.1. The van der Waals surface area contributed by atoms with E-state index in [1.54, 1.807) is 0 Å². The van der Waals surface area contributed by atoms with Crippen molar-refractivity contribution in [1.82, 2.24) is 0 Å². The first kappa shape index (κ1) is 27.9. The number of hydrogen-bond acceptors (Lipinski definition) is 1. The molecule has 0 aromatic heterocycles. The molecule has 0 heterocycles. The van der Waals surface area contributed by atoms with E-state index in [0.29, 0.717) is 0 Å². The topological polar surface area (TPSA) is 37.3 Å². The lowest BCUT2D eigenvalue weighted by Gasteiger charge is -2.22. The van der Waals surface area contributed by atoms with Gasteiger partial charge in [0, 0.05) is 0 Å². The SMILES string of the molecule is CCCCCCCC[P+](CCCCCCCC)(CCCCCCCC)C(=O)O. The molecule has 0 aliphatic carbocycles. The summed E-state index contributed by atoms with van der Waals surface area (Å²) in [5.41, 5.74) is -0.400. The monoisotopic (exact) mass is 415 g/mol. The Morgan fingerprint density at radius 3 is 1.00 bits per heavy atom. The van der Waals surface area contributed by atoms with Gasteiger partial charge in [0.2, 0.25) is 0 Å². The van der Waals surface area contributed by atoms with Crippen LogP contribution in [0, 0.1) is 0 Å². The minimum absolute atomic E-state index is 0.400. The van der Waals surface area contributed by atoms with E-state index in [4.69, 9.17) is 0 Å². The van der Waals surface area contributed by atoms with Crippen molar-refractivity contribution < 1.29 is 9.90 Å². The summed E-state index contributed by atoms with van der Waals surface area (Å²) in [6.45, 7) is 6.76. The standard InChI is InChI=1S/C25H51O2P/c1-4-7-10-13-16-19-22-28(25(26)27,23-20-17-14-11-8-5-2)24-21-18-15-12-9-6-3/h4-24H2,1-3H3/p+1. The molecule has 28 heavy (non-hydrogen) atoms. The second-order valence-electron chi connectivity index (χ2n) is 8.90. The summed E-state index contributed by atoms with van der Waals surface area (Å²) in [6.07, 6.45) is 25.9. The molecule has 2 nitrogen and oxygen atoms in total. The van der Waals surface area contributed by atoms with E-state index in [1.165, 1.54) is 96.3 Å². The second-order valence-corrected chi connectivity index (χ2v) is 12.9. The molecule has 0 spiro atoms. The van der Waals surface area contributed by atoms with E-state index >= 15 is 0 Å². The van der Waals surface area contributed by atoms with Crippen LogP contribution in [0.2, 0.25) is 0 Å². The maximum absolute atomic E-state index is 12.4. The van der Waals surface area contributed by atoms with Crippen LogP contribution in [0.25, 0.3) is 0 Å². The summed E-state index contributed by atoms with van der Waals surface area (Å²) in [4.78, 5) is 12.4. The molecule has 0 aromatic rings. The van der Waals surface area contributed by atoms with E-state index in [0.717, 1.165) is 37.7 Å². The van der Waals surface area contributed by atoms with Crippen molar-refractivity contribution >= 4 is 13.0 Å². The Hall–Kier alpha value is -0.100. The fourth-order valence-electron chi connectivity index (χ4n) is 4.21. The Morgan fingerprint density at radius 1 is 0.500 bits per heavy atom. The van der Waals surface area contributed by atoms with Crippen LogP contribution < -0.4 is 0 Å². The summed E-state index contributed by atoms with van der Waals surface area (Å²) < 4.78 is 0. The first-order valence-electron chi connectivity index (χ1n) is 12.7. The van der Waals surface area contributed by atoms with Crippen LogP contribution in [0.5, 0.6) is 0 Å². The molecule has 0 saturated carbocycles. The normalized spacial score (nSPS) is 11.8. The minimum atomic E-state index is -1.82. The Kier molecular flexibility index (Phi) is 20.1. The number of rotatable bonds is 22. The zero-order valence-electron chi connectivity index (χ0n) is 19.7. The molecule has 0 aliphatic heterocycles. The Labute approximate surface area is 178 Å². The number of carbonyl (C=O) groups is 1. The van der Waals surface area contributed by atoms with E-state index in [2.05, 4.69) is 20.8 Å². The van der Waals surface area contributed by atoms with Gasteiger partial charge in [-0.3, -0.25) is 0 Å². The van der Waals surface area contributed by atoms with Crippen molar-refractivity contribution in [3.8, 4) is 0 Å². The van der Waals surface area contributed by atoms with Crippen molar-refractivity contribution in [3.05, 3.63) is 0 Å². The van der Waals surface area contributed by atoms with Crippen molar-refractivity contribution in [2.75, 3.05) is 18.5 Å². The maximum Gasteiger partial charge on any atom is 0.448 e. The van der Waals surface area contributed by atoms with Crippen molar-refractivity contribution in [2.45, 2.75) is 136 Å². The molecule has 1 N–H and O–H groups in total. The Bertz CT molecular complexity index is 303. The highest BCUT2D eigenvalue weighted by Crippen LogP contribution is 2.61. The highest BCUT2D eigenvalue weighted by atomic mass is 31.2. The van der Waals surface area contributed by atoms with Crippen LogP contribution in [-0.2, 0) is 0 Å². The quantitative estimate of drug-likeness (QED) is 0.141. The van der Waals surface area contributed by atoms with Gasteiger partial charge in [-0.2, -0.15) is 0 Å². The third-order valence-corrected chi connectivity index (χ3v) is 10.6. The Balaban J connectivity index is 4.47. The smallest absolute Gasteiger partial charge is 0.448 e. The highest BCUT2D eigenvalue weighted by molar-refractivity contribution is 7.90. The lowest BCUT2D eigenvalue weighted by Crippen LogP contribution is -2.16. The van der Waals surface area contributed by atoms with Gasteiger partial charge in [-0.05, 0) is 38.5 Å². The lowest BCUT2D eigenvalue weighted by atomic mass is 10.1. The average Bonchev–Trinajstić information content (AvgIpc) is 2.69. The highest BCUT2D eigenvalue weighted by Gasteiger charge is 2.44. The number of unbranched alkanes of at least 4 members (excludes halogenated alkanes) is 15. The molecule has 0 aliphatic rings. The maximum atomic E-state index is 12.4. The van der Waals surface area contributed by atoms with Crippen LogP contribution in [0.4, 0.5) is 4.79 Å². The van der Waals surface area contributed by atoms with Crippen LogP contribution in [-0.4, -0.2) is 29.3 Å². The summed E-state index contributed by atoms with van der Waals surface area (Å²) in [5, 5.41) is 10.2. The molecule has 0 rings (SSSR count). The van der Waals surface area contributed by atoms with Gasteiger partial charge in [0.25, 0.3) is 0 Å². The predicted octanol–water partition coefficient (Wildman–Crippen LogP) is 9.76. The molecule has 0 aromatic carbocycles. The summed E-state index contributed by atoms with van der Waals surface area (Å²) in [7, 11) is -1.82. The van der Waals surface area contributed by atoms with Crippen LogP contribution in [0.3, 0.4) is 0 Å². The average molecular weight is 416 g/mol. The van der Waals surface area contributed by atoms with E-state index in [9.17, 15) is 9.90 Å². The fraction of sp³-hybridized carbons (Fsp3) is 0.960. The summed E-state index contributed by atoms with van der Waals surface area (Å²) in [5.74, 6) is 0. The molecule has 3 heteroatoms. The molecule has 0 atom stereocenters. The molecule has 0 radical (unpaired) electrons. The van der Waals surface area contributed by atoms with E-state index in [1.807, 2.05) is 0 Å². The zero-order valence-corrected chi connectivity index (χ0v) is 20.5. The van der Waals surface area contributed by atoms with Gasteiger partial charge in [-0.1, -0.05) is 97.8 Å². The van der Waals surface area contributed by atoms with Crippen molar-refractivity contribution in [3.63, 3.8) is 0 Å². The molecular weight excluding hydrogens is 363 g/mol. The minimum Gasteiger partial charge on any atom is -0.452 e. The summed E-state index contributed by atoms with van der Waals surface area (Å²) in [6, 6.07) is 0. The molecule has 0 bridgehead atoms. The lowest BCUT2D eigenvalue weighted by molar-refractivity contribution is 0.220. The van der Waals surface area contributed by atoms with Gasteiger partial charge in [-0.25, -0.2) is 4.79 Å². The van der Waals surface area contributed by atoms with Crippen LogP contribution in [0.1, 0.15) is 136 Å². The molecule has 0 fully saturated rings. The first-order chi connectivity index (χ1) is 13.6. The molecule has 0 amide bonds. The third kappa shape index (κ3) is 14.8. The van der Waals surface area contributed by atoms with Crippen LogP contribution in [0.15, 0.2) is 0 Å². The molecule has 0 saturated heterocycles. The van der Waals surface area contributed by atoms with Crippen molar-refractivity contribution in [1.29, 1.82) is 0 Å². The van der Waals surface area contributed by atoms with Gasteiger partial charge in [-0.15, -0.1) is 0 Å². The van der Waals surface area contributed by atoms with Gasteiger partial charge in [0.05, 0.1) is 18.5 Å². The molecule has 0 unspecified atom stereocenters. The van der Waals surface area contributed by atoms with Crippen LogP contribution >= 0.6 is 7.26 Å².